The molecule has 23 heteroatoms. The zero-order valence-corrected chi connectivity index (χ0v) is 28.2. The number of nitrogens with zero attached hydrogens (tertiary/aromatic N) is 1. The topological polar surface area (TPSA) is 393 Å². The van der Waals surface area contributed by atoms with Gasteiger partial charge in [-0.15, -0.1) is 0 Å². The number of ether oxygens (including phenoxy) is 3. The third kappa shape index (κ3) is 14.3. The Morgan fingerprint density at radius 2 is 1.75 bits per heavy atom. The quantitative estimate of drug-likeness (QED) is 0.0518. The highest BCUT2D eigenvalue weighted by molar-refractivity contribution is 5.89. The molecule has 3 unspecified atom stereocenters. The van der Waals surface area contributed by atoms with Crippen LogP contribution in [-0.2, 0) is 33.4 Å². The van der Waals surface area contributed by atoms with E-state index in [-0.39, 0.29) is 50.3 Å². The molecule has 0 spiro atoms. The van der Waals surface area contributed by atoms with Gasteiger partial charge in [0.2, 0.25) is 17.7 Å². The minimum absolute atomic E-state index is 0.113. The maximum absolute atomic E-state index is 13.4. The SMILES string of the molecule is CC(=O)NC(CCCNC(=O)CC(N)CCCN)CC(=O)N[C@@H]1[C@H](O)[C@@H](OC(N)=O)[C@@H](COC(N)=O)O[C@H]1NC1=N[C@H](C(=O)O)[C@@H](C(O)CN)N1. The Morgan fingerprint density at radius 3 is 2.33 bits per heavy atom. The van der Waals surface area contributed by atoms with Gasteiger partial charge in [-0.3, -0.25) is 14.4 Å². The van der Waals surface area contributed by atoms with Gasteiger partial charge in [-0.25, -0.2) is 19.4 Å². The van der Waals surface area contributed by atoms with E-state index in [0.29, 0.717) is 25.8 Å². The van der Waals surface area contributed by atoms with E-state index in [0.717, 1.165) is 0 Å². The fourth-order valence-corrected chi connectivity index (χ4v) is 5.54. The standard InChI is InChI=1S/C28H51N11O12/c1-12(40)35-14(5-3-7-34-17(42)8-13(31)4-2-6-29)9-18(43)36-21-22(44)23(51-27(33)48)16(11-49-26(32)47)50-24(21)39-28-37-19(15(41)10-30)20(38-28)25(45)46/h13-16,19-24,41,44H,2-11,29-31H2,1H3,(H2,32,47)(H2,33,48)(H,34,42)(H,35,40)(H,36,43)(H,45,46)(H2,37,38,39)/t13?,14?,15?,16-,19-,20+,21-,22+,23+,24-/m1/s1. The van der Waals surface area contributed by atoms with E-state index in [2.05, 4.69) is 31.6 Å². The summed E-state index contributed by atoms with van der Waals surface area (Å²) >= 11 is 0. The maximum atomic E-state index is 13.4. The number of primary amides is 2. The van der Waals surface area contributed by atoms with Crippen LogP contribution in [0, 0.1) is 0 Å². The molecule has 0 radical (unpaired) electrons. The molecule has 0 aliphatic carbocycles. The van der Waals surface area contributed by atoms with Crippen LogP contribution in [0.3, 0.4) is 0 Å². The van der Waals surface area contributed by atoms with Crippen molar-refractivity contribution < 1.29 is 58.3 Å². The molecule has 2 rings (SSSR count). The van der Waals surface area contributed by atoms with Crippen LogP contribution in [0.15, 0.2) is 4.99 Å². The summed E-state index contributed by atoms with van der Waals surface area (Å²) in [6.45, 7) is 0.977. The van der Waals surface area contributed by atoms with Crippen LogP contribution in [0.25, 0.3) is 0 Å². The second kappa shape index (κ2) is 21.0. The summed E-state index contributed by atoms with van der Waals surface area (Å²) in [5.41, 5.74) is 27.2. The molecular weight excluding hydrogens is 682 g/mol. The van der Waals surface area contributed by atoms with Crippen molar-refractivity contribution in [2.24, 2.45) is 33.7 Å². The minimum atomic E-state index is -1.80. The smallest absolute Gasteiger partial charge is 0.404 e. The van der Waals surface area contributed by atoms with Gasteiger partial charge in [0.05, 0.1) is 12.1 Å². The summed E-state index contributed by atoms with van der Waals surface area (Å²) in [6.07, 6.45) is -8.57. The van der Waals surface area contributed by atoms with Crippen molar-refractivity contribution in [1.29, 1.82) is 0 Å². The van der Waals surface area contributed by atoms with E-state index in [9.17, 15) is 44.1 Å². The fraction of sp³-hybridized carbons (Fsp3) is 0.750. The van der Waals surface area contributed by atoms with Gasteiger partial charge < -0.3 is 84.8 Å². The summed E-state index contributed by atoms with van der Waals surface area (Å²) < 4.78 is 15.7. The molecule has 18 N–H and O–H groups in total. The highest BCUT2D eigenvalue weighted by Gasteiger charge is 2.50. The van der Waals surface area contributed by atoms with Gasteiger partial charge >= 0.3 is 18.2 Å². The Balaban J connectivity index is 2.23. The molecule has 51 heavy (non-hydrogen) atoms. The van der Waals surface area contributed by atoms with Gasteiger partial charge in [0.25, 0.3) is 0 Å². The highest BCUT2D eigenvalue weighted by Crippen LogP contribution is 2.24. The molecular formula is C28H51N11O12. The van der Waals surface area contributed by atoms with Gasteiger partial charge in [-0.05, 0) is 32.2 Å². The van der Waals surface area contributed by atoms with E-state index >= 15 is 0 Å². The van der Waals surface area contributed by atoms with Crippen LogP contribution in [-0.4, -0.2) is 144 Å². The van der Waals surface area contributed by atoms with Crippen molar-refractivity contribution in [3.63, 3.8) is 0 Å². The predicted molar refractivity (Wildman–Crippen MR) is 176 cm³/mol. The number of carboxylic acids is 1. The predicted octanol–water partition coefficient (Wildman–Crippen LogP) is -5.95. The van der Waals surface area contributed by atoms with Crippen LogP contribution >= 0.6 is 0 Å². The second-order valence-electron chi connectivity index (χ2n) is 12.1. The Morgan fingerprint density at radius 1 is 1.04 bits per heavy atom. The number of aliphatic imine (C=N–C) groups is 1. The molecule has 10 atom stereocenters. The number of nitrogens with two attached hydrogens (primary N) is 5. The first-order valence-corrected chi connectivity index (χ1v) is 16.3. The first kappa shape index (κ1) is 42.6. The third-order valence-electron chi connectivity index (χ3n) is 7.91. The Labute approximate surface area is 293 Å². The van der Waals surface area contributed by atoms with Crippen molar-refractivity contribution in [3.05, 3.63) is 0 Å². The number of aliphatic hydroxyl groups is 2. The molecule has 0 aromatic rings. The third-order valence-corrected chi connectivity index (χ3v) is 7.91. The Bertz CT molecular complexity index is 1240. The number of aliphatic carboxylic acids is 1. The summed E-state index contributed by atoms with van der Waals surface area (Å²) in [7, 11) is 0. The zero-order valence-electron chi connectivity index (χ0n) is 28.2. The lowest BCUT2D eigenvalue weighted by Crippen LogP contribution is -2.70. The van der Waals surface area contributed by atoms with Crippen molar-refractivity contribution >= 4 is 41.8 Å². The number of nitrogens with one attached hydrogen (secondary N) is 5. The number of carbonyl (C=O) groups is 6. The number of guanidine groups is 1. The van der Waals surface area contributed by atoms with Crippen molar-refractivity contribution in [2.75, 3.05) is 26.2 Å². The minimum Gasteiger partial charge on any atom is -0.480 e. The molecule has 2 aliphatic rings. The molecule has 5 amide bonds. The maximum Gasteiger partial charge on any atom is 0.404 e. The van der Waals surface area contributed by atoms with Crippen molar-refractivity contribution in [2.45, 2.75) is 106 Å². The van der Waals surface area contributed by atoms with Crippen LogP contribution < -0.4 is 55.3 Å². The highest BCUT2D eigenvalue weighted by atomic mass is 16.6. The average molecular weight is 734 g/mol. The van der Waals surface area contributed by atoms with E-state index in [1.165, 1.54) is 6.92 Å². The van der Waals surface area contributed by atoms with Gasteiger partial charge in [0.1, 0.15) is 24.9 Å². The summed E-state index contributed by atoms with van der Waals surface area (Å²) in [6, 6.07) is -5.23. The van der Waals surface area contributed by atoms with E-state index in [1.807, 2.05) is 0 Å². The van der Waals surface area contributed by atoms with E-state index in [4.69, 9.17) is 42.9 Å². The van der Waals surface area contributed by atoms with Gasteiger partial charge in [-0.2, -0.15) is 0 Å². The first-order chi connectivity index (χ1) is 24.1. The number of hydrogen-bond donors (Lipinski definition) is 13. The van der Waals surface area contributed by atoms with Crippen molar-refractivity contribution in [3.8, 4) is 0 Å². The number of carbonyl (C=O) groups excluding carboxylic acids is 5. The molecule has 0 aromatic carbocycles. The Hall–Kier alpha value is -4.55. The van der Waals surface area contributed by atoms with Crippen LogP contribution in [0.1, 0.15) is 45.4 Å². The summed E-state index contributed by atoms with van der Waals surface area (Å²) in [5.74, 6) is -3.07. The molecule has 0 aromatic heterocycles. The van der Waals surface area contributed by atoms with Crippen LogP contribution in [0.4, 0.5) is 9.59 Å². The van der Waals surface area contributed by atoms with Crippen LogP contribution in [0.5, 0.6) is 0 Å². The number of hydrogen-bond acceptors (Lipinski definition) is 17. The summed E-state index contributed by atoms with van der Waals surface area (Å²) in [4.78, 5) is 76.4. The molecule has 1 fully saturated rings. The molecule has 2 aliphatic heterocycles. The molecule has 0 bridgehead atoms. The lowest BCUT2D eigenvalue weighted by atomic mass is 9.95. The van der Waals surface area contributed by atoms with Crippen molar-refractivity contribution in [1.82, 2.24) is 26.6 Å². The zero-order chi connectivity index (χ0) is 38.2. The Kier molecular flexibility index (Phi) is 17.5. The fourth-order valence-electron chi connectivity index (χ4n) is 5.54. The summed E-state index contributed by atoms with van der Waals surface area (Å²) in [5, 5.41) is 44.6. The number of amides is 5. The number of aliphatic hydroxyl groups excluding tert-OH is 2. The monoisotopic (exact) mass is 733 g/mol. The normalized spacial score (nSPS) is 25.9. The van der Waals surface area contributed by atoms with Gasteiger partial charge in [-0.1, -0.05) is 0 Å². The van der Waals surface area contributed by atoms with Crippen LogP contribution in [0.2, 0.25) is 0 Å². The van der Waals surface area contributed by atoms with E-state index < -0.39 is 91.4 Å². The molecule has 0 saturated carbocycles. The second-order valence-corrected chi connectivity index (χ2v) is 12.1. The number of rotatable bonds is 20. The molecule has 23 nitrogen and oxygen atoms in total. The molecule has 2 heterocycles. The average Bonchev–Trinajstić information content (AvgIpc) is 3.47. The molecule has 290 valence electrons. The lowest BCUT2D eigenvalue weighted by Gasteiger charge is -2.44. The number of carboxylic acid groups (broad SMARTS) is 1. The van der Waals surface area contributed by atoms with Gasteiger partial charge in [0.15, 0.2) is 24.3 Å². The largest absolute Gasteiger partial charge is 0.480 e. The lowest BCUT2D eigenvalue weighted by molar-refractivity contribution is -0.197. The first-order valence-electron chi connectivity index (χ1n) is 16.3. The van der Waals surface area contributed by atoms with Gasteiger partial charge in [0, 0.05) is 44.9 Å². The molecule has 1 saturated heterocycles. The van der Waals surface area contributed by atoms with E-state index in [1.54, 1.807) is 0 Å².